The van der Waals surface area contributed by atoms with Crippen LogP contribution in [0.4, 0.5) is 13.2 Å². The van der Waals surface area contributed by atoms with Crippen LogP contribution in [-0.2, 0) is 12.6 Å². The van der Waals surface area contributed by atoms with E-state index >= 15 is 0 Å². The molecule has 150 valence electrons. The summed E-state index contributed by atoms with van der Waals surface area (Å²) in [4.78, 5) is 4.58. The number of benzene rings is 2. The summed E-state index contributed by atoms with van der Waals surface area (Å²) < 4.78 is 49.6. The Bertz CT molecular complexity index is 1060. The molecule has 0 unspecified atom stereocenters. The monoisotopic (exact) mass is 399 g/mol. The average molecular weight is 399 g/mol. The molecule has 29 heavy (non-hydrogen) atoms. The number of aryl methyl sites for hydroxylation is 1. The summed E-state index contributed by atoms with van der Waals surface area (Å²) in [5.41, 5.74) is 1.87. The lowest BCUT2D eigenvalue weighted by Gasteiger charge is -2.20. The summed E-state index contributed by atoms with van der Waals surface area (Å²) in [5.74, 6) is 1.41. The second-order valence-electron chi connectivity index (χ2n) is 6.91. The van der Waals surface area contributed by atoms with Crippen LogP contribution in [0.5, 0.6) is 11.5 Å². The van der Waals surface area contributed by atoms with Gasteiger partial charge in [-0.3, -0.25) is 4.98 Å². The Balaban J connectivity index is 1.73. The third-order valence-corrected chi connectivity index (χ3v) is 4.85. The minimum atomic E-state index is -4.34. The van der Waals surface area contributed by atoms with Crippen molar-refractivity contribution in [1.82, 2.24) is 4.98 Å². The molecule has 4 rings (SSSR count). The fourth-order valence-corrected chi connectivity index (χ4v) is 3.41. The van der Waals surface area contributed by atoms with Crippen molar-refractivity contribution in [3.63, 3.8) is 0 Å². The average Bonchev–Trinajstić information content (AvgIpc) is 2.72. The maximum Gasteiger partial charge on any atom is 0.416 e. The van der Waals surface area contributed by atoms with Crippen molar-refractivity contribution in [3.05, 3.63) is 65.0 Å². The highest BCUT2D eigenvalue weighted by Gasteiger charge is 2.29. The number of alkyl halides is 3. The number of hydrogen-bond donors (Lipinski definition) is 0. The molecule has 2 heterocycles. The van der Waals surface area contributed by atoms with Crippen molar-refractivity contribution < 1.29 is 22.6 Å². The van der Waals surface area contributed by atoms with E-state index in [4.69, 9.17) is 9.47 Å². The quantitative estimate of drug-likeness (QED) is 0.527. The lowest BCUT2D eigenvalue weighted by molar-refractivity contribution is -0.137. The minimum absolute atomic E-state index is 0.497. The topological polar surface area (TPSA) is 31.4 Å². The molecule has 0 spiro atoms. The Kier molecular flexibility index (Phi) is 5.18. The van der Waals surface area contributed by atoms with Crippen molar-refractivity contribution in [2.24, 2.45) is 0 Å². The lowest BCUT2D eigenvalue weighted by atomic mass is 10.00. The molecule has 3 aromatic rings. The largest absolute Gasteiger partial charge is 0.486 e. The SMILES string of the molecule is CCCc1cnc(/C=C/c2ccc(C(F)(F)F)cc2)c2cc3c(cc12)OCCO3. The molecule has 2 aromatic carbocycles. The Morgan fingerprint density at radius 2 is 1.62 bits per heavy atom. The molecule has 0 radical (unpaired) electrons. The number of pyridine rings is 1. The molecule has 0 saturated carbocycles. The highest BCUT2D eigenvalue weighted by atomic mass is 19.4. The van der Waals surface area contributed by atoms with E-state index in [0.29, 0.717) is 24.5 Å². The van der Waals surface area contributed by atoms with Gasteiger partial charge in [-0.2, -0.15) is 13.2 Å². The van der Waals surface area contributed by atoms with E-state index < -0.39 is 11.7 Å². The van der Waals surface area contributed by atoms with Crippen LogP contribution in [0.2, 0.25) is 0 Å². The normalized spacial score (nSPS) is 13.9. The first-order chi connectivity index (χ1) is 14.0. The molecule has 6 heteroatoms. The van der Waals surface area contributed by atoms with Crippen LogP contribution in [0.15, 0.2) is 42.6 Å². The molecule has 3 nitrogen and oxygen atoms in total. The van der Waals surface area contributed by atoms with Gasteiger partial charge in [0.15, 0.2) is 11.5 Å². The smallest absolute Gasteiger partial charge is 0.416 e. The third kappa shape index (κ3) is 4.06. The standard InChI is InChI=1S/C23H20F3NO2/c1-2-3-16-14-27-20(9-6-15-4-7-17(8-5-15)23(24,25)26)19-13-22-21(12-18(16)19)28-10-11-29-22/h4-9,12-14H,2-3,10-11H2,1H3/b9-6+. The zero-order chi connectivity index (χ0) is 20.4. The van der Waals surface area contributed by atoms with E-state index in [1.54, 1.807) is 6.08 Å². The molecule has 0 atom stereocenters. The number of fused-ring (bicyclic) bond motifs is 2. The Labute approximate surface area is 166 Å². The molecule has 1 aliphatic heterocycles. The highest BCUT2D eigenvalue weighted by Crippen LogP contribution is 2.37. The molecule has 1 aromatic heterocycles. The van der Waals surface area contributed by atoms with Crippen LogP contribution in [-0.4, -0.2) is 18.2 Å². The summed E-state index contributed by atoms with van der Waals surface area (Å²) in [7, 11) is 0. The second-order valence-corrected chi connectivity index (χ2v) is 6.91. The van der Waals surface area contributed by atoms with E-state index in [9.17, 15) is 13.2 Å². The predicted molar refractivity (Wildman–Crippen MR) is 107 cm³/mol. The number of ether oxygens (including phenoxy) is 2. The molecule has 1 aliphatic rings. The van der Waals surface area contributed by atoms with E-state index in [0.717, 1.165) is 52.8 Å². The van der Waals surface area contributed by atoms with Gasteiger partial charge in [-0.25, -0.2) is 0 Å². The fraction of sp³-hybridized carbons (Fsp3) is 0.261. The van der Waals surface area contributed by atoms with Crippen molar-refractivity contribution in [2.75, 3.05) is 13.2 Å². The van der Waals surface area contributed by atoms with E-state index in [1.165, 1.54) is 12.1 Å². The number of halogens is 3. The van der Waals surface area contributed by atoms with Crippen LogP contribution < -0.4 is 9.47 Å². The third-order valence-electron chi connectivity index (χ3n) is 4.85. The first-order valence-electron chi connectivity index (χ1n) is 9.52. The summed E-state index contributed by atoms with van der Waals surface area (Å²) in [6.07, 6.45) is 2.98. The fourth-order valence-electron chi connectivity index (χ4n) is 3.41. The van der Waals surface area contributed by atoms with Crippen LogP contribution in [0, 0.1) is 0 Å². The number of nitrogens with zero attached hydrogens (tertiary/aromatic N) is 1. The highest BCUT2D eigenvalue weighted by molar-refractivity contribution is 5.95. The van der Waals surface area contributed by atoms with E-state index in [-0.39, 0.29) is 0 Å². The number of rotatable bonds is 4. The molecular weight excluding hydrogens is 379 g/mol. The molecule has 0 aliphatic carbocycles. The van der Waals surface area contributed by atoms with Gasteiger partial charge in [0, 0.05) is 11.6 Å². The Morgan fingerprint density at radius 3 is 2.24 bits per heavy atom. The van der Waals surface area contributed by atoms with Crippen molar-refractivity contribution in [1.29, 1.82) is 0 Å². The van der Waals surface area contributed by atoms with Crippen LogP contribution in [0.1, 0.15) is 35.7 Å². The summed E-state index contributed by atoms with van der Waals surface area (Å²) in [6, 6.07) is 8.99. The second kappa shape index (κ2) is 7.78. The molecule has 0 amide bonds. The van der Waals surface area contributed by atoms with Crippen LogP contribution in [0.25, 0.3) is 22.9 Å². The van der Waals surface area contributed by atoms with Gasteiger partial charge >= 0.3 is 6.18 Å². The van der Waals surface area contributed by atoms with E-state index in [1.807, 2.05) is 24.4 Å². The molecular formula is C23H20F3NO2. The van der Waals surface area contributed by atoms with Crippen molar-refractivity contribution in [2.45, 2.75) is 25.9 Å². The zero-order valence-electron chi connectivity index (χ0n) is 15.9. The Hall–Kier alpha value is -3.02. The van der Waals surface area contributed by atoms with Crippen LogP contribution >= 0.6 is 0 Å². The summed E-state index contributed by atoms with van der Waals surface area (Å²) in [5, 5.41) is 1.99. The van der Waals surface area contributed by atoms with Gasteiger partial charge in [-0.15, -0.1) is 0 Å². The molecule has 0 bridgehead atoms. The van der Waals surface area contributed by atoms with Gasteiger partial charge in [-0.1, -0.05) is 31.6 Å². The predicted octanol–water partition coefficient (Wildman–Crippen LogP) is 6.15. The Morgan fingerprint density at radius 1 is 0.966 bits per heavy atom. The number of hydrogen-bond acceptors (Lipinski definition) is 3. The van der Waals surface area contributed by atoms with Crippen molar-refractivity contribution in [3.8, 4) is 11.5 Å². The molecule has 0 saturated heterocycles. The molecule has 0 fully saturated rings. The zero-order valence-corrected chi connectivity index (χ0v) is 15.9. The first-order valence-corrected chi connectivity index (χ1v) is 9.52. The number of aromatic nitrogens is 1. The maximum absolute atomic E-state index is 12.7. The van der Waals surface area contributed by atoms with Gasteiger partial charge in [-0.05, 0) is 53.3 Å². The van der Waals surface area contributed by atoms with Gasteiger partial charge < -0.3 is 9.47 Å². The summed E-state index contributed by atoms with van der Waals surface area (Å²) in [6.45, 7) is 3.13. The lowest BCUT2D eigenvalue weighted by Crippen LogP contribution is -2.15. The van der Waals surface area contributed by atoms with Crippen molar-refractivity contribution >= 4 is 22.9 Å². The minimum Gasteiger partial charge on any atom is -0.486 e. The van der Waals surface area contributed by atoms with Gasteiger partial charge in [0.1, 0.15) is 13.2 Å². The van der Waals surface area contributed by atoms with Gasteiger partial charge in [0.2, 0.25) is 0 Å². The van der Waals surface area contributed by atoms with Gasteiger partial charge in [0.05, 0.1) is 11.3 Å². The maximum atomic E-state index is 12.7. The molecule has 0 N–H and O–H groups in total. The van der Waals surface area contributed by atoms with Crippen LogP contribution in [0.3, 0.4) is 0 Å². The van der Waals surface area contributed by atoms with E-state index in [2.05, 4.69) is 11.9 Å². The first kappa shape index (κ1) is 19.3. The summed E-state index contributed by atoms with van der Waals surface area (Å²) >= 11 is 0. The van der Waals surface area contributed by atoms with Gasteiger partial charge in [0.25, 0.3) is 0 Å².